The molecule has 1 heterocycles. The summed E-state index contributed by atoms with van der Waals surface area (Å²) in [4.78, 5) is 0. The molecule has 0 radical (unpaired) electrons. The van der Waals surface area contributed by atoms with Crippen molar-refractivity contribution in [3.63, 3.8) is 0 Å². The molecule has 0 aromatic heterocycles. The molecule has 0 saturated carbocycles. The van der Waals surface area contributed by atoms with E-state index in [0.29, 0.717) is 12.1 Å². The van der Waals surface area contributed by atoms with E-state index in [0.717, 1.165) is 0 Å². The molecule has 2 aliphatic rings. The summed E-state index contributed by atoms with van der Waals surface area (Å²) in [5.74, 6) is 0. The smallest absolute Gasteiger partial charge is 0.119 e. The minimum atomic E-state index is 0.384. The molecule has 1 aliphatic heterocycles. The van der Waals surface area contributed by atoms with Gasteiger partial charge in [-0.3, -0.25) is 5.01 Å². The first-order valence-corrected chi connectivity index (χ1v) is 3.11. The van der Waals surface area contributed by atoms with Crippen molar-refractivity contribution in [2.45, 2.75) is 19.0 Å². The molecular weight excluding hydrogens is 114 g/mol. The number of rotatable bonds is 0. The monoisotopic (exact) mass is 123 g/mol. The van der Waals surface area contributed by atoms with Gasteiger partial charge in [0.2, 0.25) is 0 Å². The molecule has 9 heavy (non-hydrogen) atoms. The quantitative estimate of drug-likeness (QED) is 0.441. The maximum absolute atomic E-state index is 4.05. The van der Waals surface area contributed by atoms with E-state index in [1.165, 1.54) is 5.57 Å². The predicted octanol–water partition coefficient (Wildman–Crippen LogP) is 0.996. The molecule has 1 aliphatic carbocycles. The van der Waals surface area contributed by atoms with Gasteiger partial charge in [-0.15, -0.1) is 0 Å². The SMILES string of the molecule is CC1=CC2C1N=NN2C. The lowest BCUT2D eigenvalue weighted by molar-refractivity contribution is 0.304. The van der Waals surface area contributed by atoms with Crippen LogP contribution >= 0.6 is 0 Å². The maximum atomic E-state index is 4.05. The molecule has 48 valence electrons. The molecular formula is C6H9N3. The Balaban J connectivity index is 2.26. The fraction of sp³-hybridized carbons (Fsp3) is 0.667. The Bertz CT molecular complexity index is 194. The van der Waals surface area contributed by atoms with Crippen molar-refractivity contribution in [3.8, 4) is 0 Å². The summed E-state index contributed by atoms with van der Waals surface area (Å²) in [7, 11) is 1.96. The number of hydrogen-bond acceptors (Lipinski definition) is 3. The Hall–Kier alpha value is -0.860. The van der Waals surface area contributed by atoms with Crippen LogP contribution in [0.3, 0.4) is 0 Å². The Morgan fingerprint density at radius 3 is 2.89 bits per heavy atom. The van der Waals surface area contributed by atoms with Crippen molar-refractivity contribution in [2.75, 3.05) is 7.05 Å². The van der Waals surface area contributed by atoms with Crippen molar-refractivity contribution >= 4 is 0 Å². The highest BCUT2D eigenvalue weighted by atomic mass is 15.6. The molecule has 3 heteroatoms. The molecule has 0 N–H and O–H groups in total. The van der Waals surface area contributed by atoms with Crippen LogP contribution in [0.2, 0.25) is 0 Å². The molecule has 2 atom stereocenters. The number of hydrogen-bond donors (Lipinski definition) is 0. The van der Waals surface area contributed by atoms with Crippen LogP contribution in [-0.2, 0) is 0 Å². The van der Waals surface area contributed by atoms with Gasteiger partial charge in [0.25, 0.3) is 0 Å². The van der Waals surface area contributed by atoms with Crippen LogP contribution in [0.15, 0.2) is 22.0 Å². The Kier molecular flexibility index (Phi) is 0.743. The zero-order valence-corrected chi connectivity index (χ0v) is 5.57. The van der Waals surface area contributed by atoms with Crippen LogP contribution in [0.5, 0.6) is 0 Å². The van der Waals surface area contributed by atoms with E-state index >= 15 is 0 Å². The number of likely N-dealkylation sites (N-methyl/N-ethyl adjacent to an activating group) is 1. The first kappa shape index (κ1) is 4.97. The van der Waals surface area contributed by atoms with Gasteiger partial charge in [-0.1, -0.05) is 11.3 Å². The van der Waals surface area contributed by atoms with Crippen molar-refractivity contribution in [3.05, 3.63) is 11.6 Å². The highest BCUT2D eigenvalue weighted by Crippen LogP contribution is 2.31. The number of fused-ring (bicyclic) bond motifs is 1. The molecule has 3 nitrogen and oxygen atoms in total. The van der Waals surface area contributed by atoms with Gasteiger partial charge in [0.15, 0.2) is 0 Å². The van der Waals surface area contributed by atoms with Crippen LogP contribution in [0.25, 0.3) is 0 Å². The zero-order chi connectivity index (χ0) is 6.43. The van der Waals surface area contributed by atoms with Crippen molar-refractivity contribution in [2.24, 2.45) is 10.3 Å². The van der Waals surface area contributed by atoms with Crippen LogP contribution in [-0.4, -0.2) is 24.1 Å². The summed E-state index contributed by atoms with van der Waals surface area (Å²) >= 11 is 0. The van der Waals surface area contributed by atoms with E-state index < -0.39 is 0 Å². The van der Waals surface area contributed by atoms with Gasteiger partial charge in [0, 0.05) is 7.05 Å². The van der Waals surface area contributed by atoms with E-state index in [1.807, 2.05) is 12.1 Å². The van der Waals surface area contributed by atoms with E-state index in [4.69, 9.17) is 0 Å². The fourth-order valence-corrected chi connectivity index (χ4v) is 1.28. The molecule has 0 bridgehead atoms. The van der Waals surface area contributed by atoms with Gasteiger partial charge >= 0.3 is 0 Å². The summed E-state index contributed by atoms with van der Waals surface area (Å²) in [6.07, 6.45) is 2.20. The van der Waals surface area contributed by atoms with Gasteiger partial charge in [-0.05, 0) is 12.5 Å². The average Bonchev–Trinajstić information content (AvgIpc) is 2.07. The molecule has 0 spiro atoms. The Labute approximate surface area is 54.0 Å². The van der Waals surface area contributed by atoms with Crippen molar-refractivity contribution in [1.29, 1.82) is 0 Å². The van der Waals surface area contributed by atoms with Gasteiger partial charge in [-0.25, -0.2) is 0 Å². The fourth-order valence-electron chi connectivity index (χ4n) is 1.28. The molecule has 0 fully saturated rings. The second-order valence-corrected chi connectivity index (χ2v) is 2.62. The van der Waals surface area contributed by atoms with Crippen molar-refractivity contribution in [1.82, 2.24) is 5.01 Å². The first-order valence-electron chi connectivity index (χ1n) is 3.11. The minimum absolute atomic E-state index is 0.384. The average molecular weight is 123 g/mol. The van der Waals surface area contributed by atoms with Crippen LogP contribution < -0.4 is 0 Å². The van der Waals surface area contributed by atoms with E-state index in [1.54, 1.807) is 0 Å². The van der Waals surface area contributed by atoms with Crippen LogP contribution in [0.4, 0.5) is 0 Å². The molecule has 2 unspecified atom stereocenters. The summed E-state index contributed by atoms with van der Waals surface area (Å²) in [5, 5.41) is 9.87. The third-order valence-electron chi connectivity index (χ3n) is 1.97. The van der Waals surface area contributed by atoms with Gasteiger partial charge in [0.1, 0.15) is 6.04 Å². The lowest BCUT2D eigenvalue weighted by atomic mass is 9.89. The molecule has 0 aromatic rings. The van der Waals surface area contributed by atoms with E-state index in [2.05, 4.69) is 23.3 Å². The molecule has 0 amide bonds. The highest BCUT2D eigenvalue weighted by Gasteiger charge is 2.36. The van der Waals surface area contributed by atoms with E-state index in [9.17, 15) is 0 Å². The molecule has 0 aromatic carbocycles. The normalized spacial score (nSPS) is 38.0. The molecule has 0 saturated heterocycles. The van der Waals surface area contributed by atoms with E-state index in [-0.39, 0.29) is 0 Å². The zero-order valence-electron chi connectivity index (χ0n) is 5.57. The lowest BCUT2D eigenvalue weighted by Crippen LogP contribution is -2.38. The van der Waals surface area contributed by atoms with Crippen LogP contribution in [0.1, 0.15) is 6.92 Å². The largest absolute Gasteiger partial charge is 0.272 e. The first-order chi connectivity index (χ1) is 4.29. The Morgan fingerprint density at radius 1 is 1.67 bits per heavy atom. The summed E-state index contributed by atoms with van der Waals surface area (Å²) in [6, 6.07) is 0.861. The second-order valence-electron chi connectivity index (χ2n) is 2.62. The van der Waals surface area contributed by atoms with Crippen molar-refractivity contribution < 1.29 is 0 Å². The van der Waals surface area contributed by atoms with Gasteiger partial charge < -0.3 is 0 Å². The van der Waals surface area contributed by atoms with Gasteiger partial charge in [0.05, 0.1) is 6.04 Å². The van der Waals surface area contributed by atoms with Crippen LogP contribution in [0, 0.1) is 0 Å². The Morgan fingerprint density at radius 2 is 2.44 bits per heavy atom. The minimum Gasteiger partial charge on any atom is -0.272 e. The van der Waals surface area contributed by atoms with Gasteiger partial charge in [-0.2, -0.15) is 5.11 Å². The molecule has 2 rings (SSSR count). The summed E-state index contributed by atoms with van der Waals surface area (Å²) in [5.41, 5.74) is 1.35. The topological polar surface area (TPSA) is 28.0 Å². The standard InChI is InChI=1S/C6H9N3/c1-4-3-5-6(4)7-8-9(5)2/h3,5-6H,1-2H3. The highest BCUT2D eigenvalue weighted by molar-refractivity contribution is 5.29. The maximum Gasteiger partial charge on any atom is 0.119 e. The second kappa shape index (κ2) is 1.35. The summed E-state index contributed by atoms with van der Waals surface area (Å²) < 4.78 is 0. The third-order valence-corrected chi connectivity index (χ3v) is 1.97. The predicted molar refractivity (Wildman–Crippen MR) is 34.0 cm³/mol. The number of nitrogens with zero attached hydrogens (tertiary/aromatic N) is 3. The lowest BCUT2D eigenvalue weighted by Gasteiger charge is -2.27. The third kappa shape index (κ3) is 0.465. The summed E-state index contributed by atoms with van der Waals surface area (Å²) in [6.45, 7) is 2.10.